The molecule has 0 aliphatic rings. The Balaban J connectivity index is 1.80. The third-order valence-corrected chi connectivity index (χ3v) is 5.00. The number of sulfonamides is 1. The van der Waals surface area contributed by atoms with Crippen LogP contribution in [-0.4, -0.2) is 40.1 Å². The first-order valence-corrected chi connectivity index (χ1v) is 9.44. The number of benzene rings is 2. The van der Waals surface area contributed by atoms with E-state index >= 15 is 0 Å². The van der Waals surface area contributed by atoms with Crippen LogP contribution in [-0.2, 0) is 16.6 Å². The van der Waals surface area contributed by atoms with Gasteiger partial charge in [-0.1, -0.05) is 30.3 Å². The molecule has 0 saturated heterocycles. The average Bonchev–Trinajstić information content (AvgIpc) is 2.57. The van der Waals surface area contributed by atoms with Crippen LogP contribution in [0, 0.1) is 0 Å². The maximum Gasteiger partial charge on any atom is 0.240 e. The van der Waals surface area contributed by atoms with Crippen LogP contribution in [0.4, 0.5) is 0 Å². The number of nitrogens with zero attached hydrogens (tertiary/aromatic N) is 1. The molecule has 0 amide bonds. The second-order valence-electron chi connectivity index (χ2n) is 5.53. The van der Waals surface area contributed by atoms with Crippen molar-refractivity contribution in [1.29, 1.82) is 0 Å². The number of likely N-dealkylation sites (N-methyl/N-ethyl adjacent to an activating group) is 1. The van der Waals surface area contributed by atoms with Crippen molar-refractivity contribution in [3.8, 4) is 5.75 Å². The van der Waals surface area contributed by atoms with Crippen molar-refractivity contribution in [2.24, 2.45) is 0 Å². The van der Waals surface area contributed by atoms with Crippen LogP contribution in [0.3, 0.4) is 0 Å². The number of nitrogens with one attached hydrogen (secondary N) is 1. The fourth-order valence-corrected chi connectivity index (χ4v) is 3.34. The van der Waals surface area contributed by atoms with Crippen LogP contribution >= 0.6 is 0 Å². The smallest absolute Gasteiger partial charge is 0.240 e. The van der Waals surface area contributed by atoms with E-state index in [1.807, 2.05) is 38.2 Å². The summed E-state index contributed by atoms with van der Waals surface area (Å²) >= 11 is 0. The van der Waals surface area contributed by atoms with Gasteiger partial charge < -0.3 is 9.64 Å². The lowest BCUT2D eigenvalue weighted by atomic mass is 10.2. The predicted molar refractivity (Wildman–Crippen MR) is 95.6 cm³/mol. The monoisotopic (exact) mass is 348 g/mol. The molecular weight excluding hydrogens is 324 g/mol. The van der Waals surface area contributed by atoms with Gasteiger partial charge >= 0.3 is 0 Å². The van der Waals surface area contributed by atoms with Crippen molar-refractivity contribution in [2.45, 2.75) is 18.4 Å². The molecule has 0 unspecified atom stereocenters. The molecule has 24 heavy (non-hydrogen) atoms. The van der Waals surface area contributed by atoms with Gasteiger partial charge in [-0.15, -0.1) is 0 Å². The van der Waals surface area contributed by atoms with E-state index < -0.39 is 10.0 Å². The molecule has 2 rings (SSSR count). The van der Waals surface area contributed by atoms with E-state index in [9.17, 15) is 8.42 Å². The number of ether oxygens (including phenoxy) is 1. The van der Waals surface area contributed by atoms with Crippen LogP contribution in [0.25, 0.3) is 0 Å². The zero-order valence-corrected chi connectivity index (χ0v) is 14.9. The molecule has 0 bridgehead atoms. The topological polar surface area (TPSA) is 58.6 Å². The van der Waals surface area contributed by atoms with E-state index in [1.54, 1.807) is 30.3 Å². The fourth-order valence-electron chi connectivity index (χ4n) is 2.30. The lowest BCUT2D eigenvalue weighted by molar-refractivity contribution is 0.329. The van der Waals surface area contributed by atoms with Crippen molar-refractivity contribution in [1.82, 2.24) is 9.62 Å². The van der Waals surface area contributed by atoms with Crippen LogP contribution in [0.15, 0.2) is 59.5 Å². The second-order valence-corrected chi connectivity index (χ2v) is 7.29. The highest BCUT2D eigenvalue weighted by Gasteiger charge is 2.12. The third-order valence-electron chi connectivity index (χ3n) is 3.53. The van der Waals surface area contributed by atoms with Crippen molar-refractivity contribution in [3.63, 3.8) is 0 Å². The van der Waals surface area contributed by atoms with Gasteiger partial charge in [-0.25, -0.2) is 13.1 Å². The average molecular weight is 348 g/mol. The van der Waals surface area contributed by atoms with Gasteiger partial charge in [0.1, 0.15) is 5.75 Å². The lowest BCUT2D eigenvalue weighted by Crippen LogP contribution is -2.32. The largest absolute Gasteiger partial charge is 0.494 e. The van der Waals surface area contributed by atoms with Crippen LogP contribution in [0.1, 0.15) is 12.5 Å². The maximum atomic E-state index is 12.1. The molecule has 0 atom stereocenters. The highest BCUT2D eigenvalue weighted by atomic mass is 32.2. The molecule has 1 N–H and O–H groups in total. The van der Waals surface area contributed by atoms with E-state index in [-0.39, 0.29) is 0 Å². The number of hydrogen-bond donors (Lipinski definition) is 1. The van der Waals surface area contributed by atoms with Gasteiger partial charge in [0.25, 0.3) is 0 Å². The Morgan fingerprint density at radius 2 is 1.71 bits per heavy atom. The van der Waals surface area contributed by atoms with E-state index in [0.29, 0.717) is 24.6 Å². The number of rotatable bonds is 9. The molecule has 5 nitrogen and oxygen atoms in total. The zero-order chi connectivity index (χ0) is 17.4. The van der Waals surface area contributed by atoms with Crippen molar-refractivity contribution >= 4 is 10.0 Å². The molecule has 130 valence electrons. The first-order chi connectivity index (χ1) is 11.5. The lowest BCUT2D eigenvalue weighted by Gasteiger charge is -2.17. The van der Waals surface area contributed by atoms with E-state index in [0.717, 1.165) is 17.9 Å². The molecule has 0 aliphatic carbocycles. The Morgan fingerprint density at radius 1 is 1.04 bits per heavy atom. The van der Waals surface area contributed by atoms with Crippen LogP contribution in [0.2, 0.25) is 0 Å². The Bertz CT molecular complexity index is 716. The molecule has 2 aromatic rings. The Labute approximate surface area is 144 Å². The van der Waals surface area contributed by atoms with Gasteiger partial charge in [0.15, 0.2) is 0 Å². The van der Waals surface area contributed by atoms with Gasteiger partial charge in [-0.3, -0.25) is 0 Å². The van der Waals surface area contributed by atoms with Crippen molar-refractivity contribution in [2.75, 3.05) is 26.7 Å². The zero-order valence-electron chi connectivity index (χ0n) is 14.1. The van der Waals surface area contributed by atoms with Gasteiger partial charge in [0, 0.05) is 19.6 Å². The minimum absolute atomic E-state index is 0.291. The minimum Gasteiger partial charge on any atom is -0.494 e. The predicted octanol–water partition coefficient (Wildman–Crippen LogP) is 2.50. The Hall–Kier alpha value is -1.89. The quantitative estimate of drug-likeness (QED) is 0.756. The first kappa shape index (κ1) is 18.4. The molecule has 0 saturated carbocycles. The number of hydrogen-bond acceptors (Lipinski definition) is 4. The summed E-state index contributed by atoms with van der Waals surface area (Å²) in [5, 5.41) is 0. The molecule has 0 heterocycles. The summed E-state index contributed by atoms with van der Waals surface area (Å²) in [6.45, 7) is 4.35. The minimum atomic E-state index is -3.43. The van der Waals surface area contributed by atoms with Gasteiger partial charge in [-0.2, -0.15) is 0 Å². The van der Waals surface area contributed by atoms with Crippen LogP contribution < -0.4 is 9.46 Å². The molecule has 0 fully saturated rings. The summed E-state index contributed by atoms with van der Waals surface area (Å²) < 4.78 is 32.3. The van der Waals surface area contributed by atoms with E-state index in [1.165, 1.54) is 0 Å². The second kappa shape index (κ2) is 8.82. The highest BCUT2D eigenvalue weighted by Crippen LogP contribution is 2.13. The Kier molecular flexibility index (Phi) is 6.78. The normalized spacial score (nSPS) is 11.6. The maximum absolute atomic E-state index is 12.1. The Morgan fingerprint density at radius 3 is 2.33 bits per heavy atom. The van der Waals surface area contributed by atoms with E-state index in [4.69, 9.17) is 4.74 Å². The molecule has 0 spiro atoms. The third kappa shape index (κ3) is 5.63. The van der Waals surface area contributed by atoms with Crippen molar-refractivity contribution < 1.29 is 13.2 Å². The molecule has 6 heteroatoms. The van der Waals surface area contributed by atoms with Crippen LogP contribution in [0.5, 0.6) is 5.75 Å². The van der Waals surface area contributed by atoms with Gasteiger partial charge in [0.2, 0.25) is 10.0 Å². The standard InChI is InChI=1S/C18H24N2O3S/c1-3-23-17-11-9-16(10-12-17)15-20(2)14-13-19-24(21,22)18-7-5-4-6-8-18/h4-12,19H,3,13-15H2,1-2H3. The summed E-state index contributed by atoms with van der Waals surface area (Å²) in [6, 6.07) is 16.3. The van der Waals surface area contributed by atoms with Gasteiger partial charge in [0.05, 0.1) is 11.5 Å². The van der Waals surface area contributed by atoms with Gasteiger partial charge in [-0.05, 0) is 43.8 Å². The molecular formula is C18H24N2O3S. The summed E-state index contributed by atoms with van der Waals surface area (Å²) in [5.41, 5.74) is 1.16. The summed E-state index contributed by atoms with van der Waals surface area (Å²) in [6.07, 6.45) is 0. The molecule has 0 radical (unpaired) electrons. The fraction of sp³-hybridized carbons (Fsp3) is 0.333. The van der Waals surface area contributed by atoms with Crippen molar-refractivity contribution in [3.05, 3.63) is 60.2 Å². The summed E-state index contributed by atoms with van der Waals surface area (Å²) in [4.78, 5) is 2.36. The highest BCUT2D eigenvalue weighted by molar-refractivity contribution is 7.89. The summed E-state index contributed by atoms with van der Waals surface area (Å²) in [5.74, 6) is 0.861. The van der Waals surface area contributed by atoms with E-state index in [2.05, 4.69) is 9.62 Å². The molecule has 2 aromatic carbocycles. The first-order valence-electron chi connectivity index (χ1n) is 7.96. The summed E-state index contributed by atoms with van der Waals surface area (Å²) in [7, 11) is -1.47. The molecule has 0 aliphatic heterocycles. The SMILES string of the molecule is CCOc1ccc(CN(C)CCNS(=O)(=O)c2ccccc2)cc1. The molecule has 0 aromatic heterocycles.